The Bertz CT molecular complexity index is 2580. The fourth-order valence-electron chi connectivity index (χ4n) is 15.3. The summed E-state index contributed by atoms with van der Waals surface area (Å²) in [6.07, 6.45) is 8.47. The predicted molar refractivity (Wildman–Crippen MR) is 276 cm³/mol. The number of aliphatic hydroxyl groups is 6. The summed E-state index contributed by atoms with van der Waals surface area (Å²) >= 11 is 0. The van der Waals surface area contributed by atoms with E-state index in [0.29, 0.717) is 0 Å². The molecule has 0 spiro atoms. The van der Waals surface area contributed by atoms with Crippen LogP contribution in [0, 0.1) is 32.5 Å². The van der Waals surface area contributed by atoms with Crippen molar-refractivity contribution < 1.29 is 88.2 Å². The average molecular weight is 1080 g/mol. The minimum absolute atomic E-state index is 0.0737. The molecule has 12 atom stereocenters. The summed E-state index contributed by atoms with van der Waals surface area (Å²) in [4.78, 5) is 159. The van der Waals surface area contributed by atoms with Gasteiger partial charge >= 0.3 is 0 Å². The number of ketones is 12. The van der Waals surface area contributed by atoms with E-state index in [1.54, 1.807) is 83.1 Å². The highest BCUT2D eigenvalue weighted by atomic mass is 16.4. The normalized spacial score (nSPS) is 41.9. The third kappa shape index (κ3) is 5.83. The van der Waals surface area contributed by atoms with Gasteiger partial charge < -0.3 is 30.6 Å². The van der Waals surface area contributed by atoms with E-state index in [9.17, 15) is 88.2 Å². The molecule has 9 rings (SSSR count). The monoisotopic (exact) mass is 1080 g/mol. The first-order chi connectivity index (χ1) is 36.3. The molecule has 6 N–H and O–H groups in total. The molecule has 420 valence electrons. The van der Waals surface area contributed by atoms with Crippen molar-refractivity contribution in [2.75, 3.05) is 0 Å². The van der Waals surface area contributed by atoms with Crippen LogP contribution in [0.15, 0.2) is 69.9 Å². The zero-order valence-corrected chi connectivity index (χ0v) is 46.5. The van der Waals surface area contributed by atoms with Gasteiger partial charge in [-0.15, -0.1) is 0 Å². The van der Waals surface area contributed by atoms with E-state index < -0.39 is 135 Å². The van der Waals surface area contributed by atoms with Crippen LogP contribution in [0.2, 0.25) is 0 Å². The third-order valence-electron chi connectivity index (χ3n) is 20.2. The molecule has 0 heterocycles. The molecule has 0 saturated heterocycles. The molecule has 0 amide bonds. The smallest absolute Gasteiger partial charge is 0.202 e. The predicted octanol–water partition coefficient (Wildman–Crippen LogP) is 3.69. The summed E-state index contributed by atoms with van der Waals surface area (Å²) in [7, 11) is 0. The molecule has 9 aliphatic carbocycles. The number of rotatable bonds is 12. The van der Waals surface area contributed by atoms with Crippen molar-refractivity contribution in [2.45, 2.75) is 194 Å². The van der Waals surface area contributed by atoms with Crippen LogP contribution in [0.4, 0.5) is 0 Å². The zero-order chi connectivity index (χ0) is 59.1. The van der Waals surface area contributed by atoms with Gasteiger partial charge in [0.25, 0.3) is 0 Å². The number of carbonyl (C=O) groups excluding carboxylic acids is 12. The number of fused-ring (bicyclic) bond motifs is 18. The van der Waals surface area contributed by atoms with Gasteiger partial charge in [0.1, 0.15) is 0 Å². The first kappa shape index (κ1) is 59.9. The first-order valence-electron chi connectivity index (χ1n) is 27.5. The van der Waals surface area contributed by atoms with Crippen molar-refractivity contribution in [3.05, 3.63) is 69.9 Å². The quantitative estimate of drug-likeness (QED) is 0.152. The lowest BCUT2D eigenvalue weighted by Gasteiger charge is -2.61. The fourth-order valence-corrected chi connectivity index (χ4v) is 15.3. The Labute approximate surface area is 452 Å². The molecule has 0 aliphatic heterocycles. The first-order valence-corrected chi connectivity index (χ1v) is 27.5. The molecule has 9 aliphatic rings. The van der Waals surface area contributed by atoms with Gasteiger partial charge in [-0.25, -0.2) is 0 Å². The highest BCUT2D eigenvalue weighted by Crippen LogP contribution is 2.66. The van der Waals surface area contributed by atoms with Gasteiger partial charge in [-0.05, 0) is 110 Å². The van der Waals surface area contributed by atoms with Crippen LogP contribution >= 0.6 is 0 Å². The van der Waals surface area contributed by atoms with Gasteiger partial charge in [0.15, 0.2) is 69.4 Å². The van der Waals surface area contributed by atoms with Gasteiger partial charge in [0.2, 0.25) is 33.6 Å². The largest absolute Gasteiger partial charge is 0.373 e. The van der Waals surface area contributed by atoms with Crippen molar-refractivity contribution in [2.24, 2.45) is 32.5 Å². The standard InChI is InChI=1S/3C20H24O6/c3*1-5-11-9-17(7-3)15(23)19(25,13(11)21)18(8-4)10-12(6-2)14(22)20(17,26)16(18)24/h3*9-10,25-26H,5-8H2,1-4H3/t3*17-,18+,19-,20+. The Balaban J connectivity index is 0.000000170. The fraction of sp³-hybridized carbons (Fsp3) is 0.600. The van der Waals surface area contributed by atoms with Crippen LogP contribution < -0.4 is 0 Å². The van der Waals surface area contributed by atoms with Crippen molar-refractivity contribution in [3.63, 3.8) is 0 Å². The van der Waals surface area contributed by atoms with Gasteiger partial charge in [0.05, 0.1) is 32.5 Å². The summed E-state index contributed by atoms with van der Waals surface area (Å²) < 4.78 is 0. The SMILES string of the molecule is CCC1=C[C@@]2(CC)C(=O)[C@@](O)(C1=O)[C@]1(CC)C=C(CC)C(=O)[C@@]2(O)C1=O.CCC1=C[C@@]2(CC)C(=O)[C@@](O)(C1=O)[C@]1(CC)C=C(CC)C(=O)[C@@]2(O)C1=O.CCC1=C[C@@]2(CC)C(=O)[C@@](O)(C1=O)[C@]1(CC)C=C(CC)C(=O)[C@@]2(O)C1=O. The van der Waals surface area contributed by atoms with Gasteiger partial charge in [0, 0.05) is 0 Å². The second kappa shape index (κ2) is 18.4. The van der Waals surface area contributed by atoms with Gasteiger partial charge in [-0.2, -0.15) is 0 Å². The average Bonchev–Trinajstić information content (AvgIpc) is 2.14. The van der Waals surface area contributed by atoms with E-state index in [-0.39, 0.29) is 110 Å². The Kier molecular flexibility index (Phi) is 14.1. The van der Waals surface area contributed by atoms with Crippen LogP contribution in [0.5, 0.6) is 0 Å². The van der Waals surface area contributed by atoms with Gasteiger partial charge in [-0.3, -0.25) is 57.5 Å². The third-order valence-corrected chi connectivity index (χ3v) is 20.2. The topological polar surface area (TPSA) is 326 Å². The summed E-state index contributed by atoms with van der Waals surface area (Å²) in [6, 6.07) is 0. The minimum atomic E-state index is -2.59. The van der Waals surface area contributed by atoms with Crippen LogP contribution in [0.3, 0.4) is 0 Å². The molecule has 0 aromatic carbocycles. The number of Topliss-reactive ketones (excluding diaryl/α,β-unsaturated/α-hetero) is 12. The number of hydrogen-bond acceptors (Lipinski definition) is 18. The second-order valence-corrected chi connectivity index (χ2v) is 22.3. The molecule has 0 radical (unpaired) electrons. The summed E-state index contributed by atoms with van der Waals surface area (Å²) in [5, 5.41) is 68.7. The number of hydrogen-bond donors (Lipinski definition) is 6. The van der Waals surface area contributed by atoms with E-state index >= 15 is 0 Å². The Hall–Kier alpha value is -5.76. The Morgan fingerprint density at radius 3 is 0.410 bits per heavy atom. The molecule has 3 fully saturated rings. The molecule has 78 heavy (non-hydrogen) atoms. The molecule has 12 bridgehead atoms. The maximum absolute atomic E-state index is 13.4. The summed E-state index contributed by atoms with van der Waals surface area (Å²) in [5.41, 5.74) is -26.1. The lowest BCUT2D eigenvalue weighted by molar-refractivity contribution is -0.207. The molecule has 0 unspecified atom stereocenters. The number of carbonyl (C=O) groups is 12. The highest BCUT2D eigenvalue weighted by Gasteiger charge is 2.86. The van der Waals surface area contributed by atoms with Crippen LogP contribution in [0.25, 0.3) is 0 Å². The summed E-state index contributed by atoms with van der Waals surface area (Å²) in [6.45, 7) is 19.6. The Morgan fingerprint density at radius 1 is 0.231 bits per heavy atom. The van der Waals surface area contributed by atoms with Crippen LogP contribution in [-0.4, -0.2) is 134 Å². The van der Waals surface area contributed by atoms with Crippen molar-refractivity contribution >= 4 is 69.4 Å². The van der Waals surface area contributed by atoms with Crippen LogP contribution in [-0.2, 0) is 57.5 Å². The maximum atomic E-state index is 13.4. The lowest BCUT2D eigenvalue weighted by atomic mass is 9.40. The van der Waals surface area contributed by atoms with Crippen molar-refractivity contribution in [3.8, 4) is 0 Å². The van der Waals surface area contributed by atoms with Crippen LogP contribution in [0.1, 0.15) is 160 Å². The molecular formula is C60H72O18. The van der Waals surface area contributed by atoms with Gasteiger partial charge in [-0.1, -0.05) is 120 Å². The Morgan fingerprint density at radius 2 is 0.333 bits per heavy atom. The van der Waals surface area contributed by atoms with Crippen molar-refractivity contribution in [1.82, 2.24) is 0 Å². The van der Waals surface area contributed by atoms with E-state index in [0.717, 1.165) is 0 Å². The summed E-state index contributed by atoms with van der Waals surface area (Å²) in [5.74, 6) is -10.5. The molecular weight excluding hydrogens is 1010 g/mol. The molecule has 0 aromatic heterocycles. The van der Waals surface area contributed by atoms with E-state index in [4.69, 9.17) is 0 Å². The molecule has 18 heteroatoms. The maximum Gasteiger partial charge on any atom is 0.202 e. The van der Waals surface area contributed by atoms with E-state index in [2.05, 4.69) is 0 Å². The second-order valence-electron chi connectivity index (χ2n) is 22.3. The van der Waals surface area contributed by atoms with E-state index in [1.165, 1.54) is 36.5 Å². The minimum Gasteiger partial charge on any atom is -0.373 e. The lowest BCUT2D eigenvalue weighted by Crippen LogP contribution is -2.83. The molecule has 18 nitrogen and oxygen atoms in total. The highest BCUT2D eigenvalue weighted by molar-refractivity contribution is 6.39. The molecule has 3 saturated carbocycles. The van der Waals surface area contributed by atoms with Crippen molar-refractivity contribution in [1.29, 1.82) is 0 Å². The molecule has 0 aromatic rings. The van der Waals surface area contributed by atoms with E-state index in [1.807, 2.05) is 0 Å². The zero-order valence-electron chi connectivity index (χ0n) is 46.5.